The number of nitrogens with one attached hydrogen (secondary N) is 2. The van der Waals surface area contributed by atoms with Crippen molar-refractivity contribution in [1.29, 1.82) is 0 Å². The molecule has 3 heteroatoms. The van der Waals surface area contributed by atoms with E-state index in [2.05, 4.69) is 24.5 Å². The fourth-order valence-corrected chi connectivity index (χ4v) is 1.04. The molecule has 3 nitrogen and oxygen atoms in total. The molecule has 0 aliphatic rings. The minimum Gasteiger partial charge on any atom is -0.356 e. The third-order valence-corrected chi connectivity index (χ3v) is 1.86. The van der Waals surface area contributed by atoms with Gasteiger partial charge < -0.3 is 10.6 Å². The summed E-state index contributed by atoms with van der Waals surface area (Å²) < 4.78 is 0. The average Bonchev–Trinajstić information content (AvgIpc) is 2.14. The van der Waals surface area contributed by atoms with Crippen LogP contribution < -0.4 is 10.6 Å². The summed E-state index contributed by atoms with van der Waals surface area (Å²) in [4.78, 5) is 11.1. The molecule has 0 saturated heterocycles. The lowest BCUT2D eigenvalue weighted by Crippen LogP contribution is -2.26. The summed E-state index contributed by atoms with van der Waals surface area (Å²) in [7, 11) is 0. The zero-order valence-corrected chi connectivity index (χ0v) is 8.86. The number of hydrogen-bond donors (Lipinski definition) is 2. The lowest BCUT2D eigenvalue weighted by molar-refractivity contribution is -0.121. The molecular formula is C10H22N2O. The van der Waals surface area contributed by atoms with Crippen LogP contribution in [0.4, 0.5) is 0 Å². The Morgan fingerprint density at radius 2 is 1.92 bits per heavy atom. The monoisotopic (exact) mass is 186 g/mol. The molecule has 0 radical (unpaired) electrons. The van der Waals surface area contributed by atoms with Gasteiger partial charge in [0.15, 0.2) is 0 Å². The molecule has 0 bridgehead atoms. The van der Waals surface area contributed by atoms with Crippen LogP contribution in [-0.2, 0) is 4.79 Å². The van der Waals surface area contributed by atoms with Crippen LogP contribution in [-0.4, -0.2) is 25.5 Å². The van der Waals surface area contributed by atoms with Crippen LogP contribution in [0.5, 0.6) is 0 Å². The second-order valence-electron chi connectivity index (χ2n) is 3.16. The van der Waals surface area contributed by atoms with Gasteiger partial charge in [-0.05, 0) is 25.9 Å². The largest absolute Gasteiger partial charge is 0.356 e. The fraction of sp³-hybridized carbons (Fsp3) is 0.900. The van der Waals surface area contributed by atoms with E-state index < -0.39 is 0 Å². The highest BCUT2D eigenvalue weighted by Gasteiger charge is 1.97. The first-order valence-electron chi connectivity index (χ1n) is 5.28. The second-order valence-corrected chi connectivity index (χ2v) is 3.16. The molecule has 0 aliphatic heterocycles. The standard InChI is InChI=1S/C10H22N2O/c1-3-5-7-10(13)12-9-6-8-11-4-2/h11H,3-9H2,1-2H3,(H,12,13). The first-order valence-corrected chi connectivity index (χ1v) is 5.28. The molecule has 0 unspecified atom stereocenters. The van der Waals surface area contributed by atoms with E-state index in [0.29, 0.717) is 6.42 Å². The molecule has 0 aromatic heterocycles. The van der Waals surface area contributed by atoms with Crippen LogP contribution in [0.25, 0.3) is 0 Å². The quantitative estimate of drug-likeness (QED) is 0.561. The second kappa shape index (κ2) is 9.52. The molecule has 0 atom stereocenters. The Labute approximate surface area is 81.3 Å². The number of unbranched alkanes of at least 4 members (excludes halogenated alkanes) is 1. The minimum absolute atomic E-state index is 0.193. The van der Waals surface area contributed by atoms with Crippen molar-refractivity contribution >= 4 is 5.91 Å². The predicted octanol–water partition coefficient (Wildman–Crippen LogP) is 1.29. The van der Waals surface area contributed by atoms with Crippen molar-refractivity contribution in [3.05, 3.63) is 0 Å². The van der Waals surface area contributed by atoms with Crippen molar-refractivity contribution in [3.8, 4) is 0 Å². The van der Waals surface area contributed by atoms with E-state index in [0.717, 1.165) is 38.9 Å². The summed E-state index contributed by atoms with van der Waals surface area (Å²) in [6, 6.07) is 0. The van der Waals surface area contributed by atoms with E-state index in [1.54, 1.807) is 0 Å². The lowest BCUT2D eigenvalue weighted by atomic mass is 10.2. The molecule has 0 aromatic rings. The average molecular weight is 186 g/mol. The molecule has 13 heavy (non-hydrogen) atoms. The third kappa shape index (κ3) is 9.34. The molecule has 0 aromatic carbocycles. The Bertz CT molecular complexity index is 126. The van der Waals surface area contributed by atoms with Gasteiger partial charge in [0.2, 0.25) is 5.91 Å². The van der Waals surface area contributed by atoms with Crippen LogP contribution in [0.15, 0.2) is 0 Å². The molecule has 0 fully saturated rings. The maximum atomic E-state index is 11.1. The van der Waals surface area contributed by atoms with Gasteiger partial charge in [0, 0.05) is 13.0 Å². The number of rotatable bonds is 8. The maximum Gasteiger partial charge on any atom is 0.219 e. The summed E-state index contributed by atoms with van der Waals surface area (Å²) in [6.45, 7) is 6.97. The molecular weight excluding hydrogens is 164 g/mol. The Morgan fingerprint density at radius 3 is 2.54 bits per heavy atom. The van der Waals surface area contributed by atoms with Crippen LogP contribution in [0, 0.1) is 0 Å². The normalized spacial score (nSPS) is 10.0. The third-order valence-electron chi connectivity index (χ3n) is 1.86. The van der Waals surface area contributed by atoms with Crippen molar-refractivity contribution in [2.75, 3.05) is 19.6 Å². The van der Waals surface area contributed by atoms with Gasteiger partial charge in [0.25, 0.3) is 0 Å². The van der Waals surface area contributed by atoms with Crippen molar-refractivity contribution in [1.82, 2.24) is 10.6 Å². The minimum atomic E-state index is 0.193. The summed E-state index contributed by atoms with van der Waals surface area (Å²) in [5.41, 5.74) is 0. The van der Waals surface area contributed by atoms with Crippen molar-refractivity contribution < 1.29 is 4.79 Å². The highest BCUT2D eigenvalue weighted by atomic mass is 16.1. The molecule has 0 saturated carbocycles. The fourth-order valence-electron chi connectivity index (χ4n) is 1.04. The van der Waals surface area contributed by atoms with E-state index in [-0.39, 0.29) is 5.91 Å². The van der Waals surface area contributed by atoms with Crippen molar-refractivity contribution in [2.24, 2.45) is 0 Å². The predicted molar refractivity (Wildman–Crippen MR) is 55.7 cm³/mol. The SMILES string of the molecule is CCCCC(=O)NCCCNCC. The van der Waals surface area contributed by atoms with Gasteiger partial charge in [-0.2, -0.15) is 0 Å². The Morgan fingerprint density at radius 1 is 1.15 bits per heavy atom. The Kier molecular flexibility index (Phi) is 9.10. The van der Waals surface area contributed by atoms with E-state index in [1.807, 2.05) is 0 Å². The molecule has 0 aliphatic carbocycles. The summed E-state index contributed by atoms with van der Waals surface area (Å²) in [5.74, 6) is 0.193. The topological polar surface area (TPSA) is 41.1 Å². The number of amides is 1. The highest BCUT2D eigenvalue weighted by Crippen LogP contribution is 1.92. The number of hydrogen-bond acceptors (Lipinski definition) is 2. The highest BCUT2D eigenvalue weighted by molar-refractivity contribution is 5.75. The summed E-state index contributed by atoms with van der Waals surface area (Å²) >= 11 is 0. The molecule has 0 spiro atoms. The number of carbonyl (C=O) groups is 1. The summed E-state index contributed by atoms with van der Waals surface area (Å²) in [5, 5.41) is 6.11. The smallest absolute Gasteiger partial charge is 0.219 e. The maximum absolute atomic E-state index is 11.1. The van der Waals surface area contributed by atoms with Gasteiger partial charge in [-0.1, -0.05) is 20.3 Å². The van der Waals surface area contributed by atoms with E-state index in [4.69, 9.17) is 0 Å². The summed E-state index contributed by atoms with van der Waals surface area (Å²) in [6.07, 6.45) is 3.78. The molecule has 0 heterocycles. The van der Waals surface area contributed by atoms with Crippen LogP contribution in [0.3, 0.4) is 0 Å². The van der Waals surface area contributed by atoms with E-state index in [9.17, 15) is 4.79 Å². The first-order chi connectivity index (χ1) is 6.31. The van der Waals surface area contributed by atoms with Gasteiger partial charge in [0.1, 0.15) is 0 Å². The van der Waals surface area contributed by atoms with Gasteiger partial charge in [0.05, 0.1) is 0 Å². The molecule has 0 rings (SSSR count). The zero-order chi connectivity index (χ0) is 9.94. The van der Waals surface area contributed by atoms with Gasteiger partial charge in [-0.25, -0.2) is 0 Å². The Balaban J connectivity index is 3.08. The molecule has 78 valence electrons. The van der Waals surface area contributed by atoms with Gasteiger partial charge in [-0.15, -0.1) is 0 Å². The van der Waals surface area contributed by atoms with Gasteiger partial charge >= 0.3 is 0 Å². The van der Waals surface area contributed by atoms with Crippen molar-refractivity contribution in [3.63, 3.8) is 0 Å². The Hall–Kier alpha value is -0.570. The lowest BCUT2D eigenvalue weighted by Gasteiger charge is -2.04. The van der Waals surface area contributed by atoms with E-state index in [1.165, 1.54) is 0 Å². The van der Waals surface area contributed by atoms with Gasteiger partial charge in [-0.3, -0.25) is 4.79 Å². The number of carbonyl (C=O) groups excluding carboxylic acids is 1. The molecule has 2 N–H and O–H groups in total. The van der Waals surface area contributed by atoms with Crippen LogP contribution >= 0.6 is 0 Å². The molecule has 1 amide bonds. The van der Waals surface area contributed by atoms with Crippen molar-refractivity contribution in [2.45, 2.75) is 39.5 Å². The van der Waals surface area contributed by atoms with Crippen LogP contribution in [0.2, 0.25) is 0 Å². The van der Waals surface area contributed by atoms with Crippen LogP contribution in [0.1, 0.15) is 39.5 Å². The zero-order valence-electron chi connectivity index (χ0n) is 8.86. The van der Waals surface area contributed by atoms with E-state index >= 15 is 0 Å². The first kappa shape index (κ1) is 12.4.